The molecule has 7 heteroatoms. The third-order valence-corrected chi connectivity index (χ3v) is 4.48. The molecule has 1 heterocycles. The highest BCUT2D eigenvalue weighted by Crippen LogP contribution is 2.17. The molecule has 2 unspecified atom stereocenters. The van der Waals surface area contributed by atoms with E-state index in [1.165, 1.54) is 16.7 Å². The largest absolute Gasteiger partial charge is 0.481 e. The van der Waals surface area contributed by atoms with Crippen LogP contribution >= 0.6 is 11.8 Å². The number of hydrogen-bond donors (Lipinski definition) is 1. The summed E-state index contributed by atoms with van der Waals surface area (Å²) < 4.78 is 0. The van der Waals surface area contributed by atoms with Crippen LogP contribution in [-0.2, 0) is 14.4 Å². The molecule has 1 saturated heterocycles. The van der Waals surface area contributed by atoms with Gasteiger partial charge in [-0.1, -0.05) is 0 Å². The van der Waals surface area contributed by atoms with Gasteiger partial charge in [0.25, 0.3) is 0 Å². The summed E-state index contributed by atoms with van der Waals surface area (Å²) in [7, 11) is 1.60. The molecule has 2 atom stereocenters. The normalized spacial score (nSPS) is 20.4. The van der Waals surface area contributed by atoms with Crippen molar-refractivity contribution in [2.45, 2.75) is 25.0 Å². The molecule has 1 N–H and O–H groups in total. The maximum Gasteiger partial charge on any atom is 0.308 e. The van der Waals surface area contributed by atoms with Gasteiger partial charge in [-0.05, 0) is 26.0 Å². The van der Waals surface area contributed by atoms with E-state index in [1.807, 2.05) is 6.26 Å². The standard InChI is InChI=1S/C13H22N2O4S/c1-9(20-3)12(17)14(2)8-11(16)15-6-4-5-10(7-15)13(18)19/h9-10H,4-8H2,1-3H3,(H,18,19). The van der Waals surface area contributed by atoms with E-state index in [4.69, 9.17) is 5.11 Å². The summed E-state index contributed by atoms with van der Waals surface area (Å²) in [5.74, 6) is -1.61. The number of hydrogen-bond acceptors (Lipinski definition) is 4. The molecule has 20 heavy (non-hydrogen) atoms. The minimum atomic E-state index is -0.858. The molecule has 2 amide bonds. The Morgan fingerprint density at radius 2 is 2.10 bits per heavy atom. The molecule has 0 aliphatic carbocycles. The smallest absolute Gasteiger partial charge is 0.308 e. The van der Waals surface area contributed by atoms with Gasteiger partial charge in [-0.2, -0.15) is 11.8 Å². The van der Waals surface area contributed by atoms with Crippen molar-refractivity contribution in [1.82, 2.24) is 9.80 Å². The van der Waals surface area contributed by atoms with Crippen LogP contribution in [-0.4, -0.2) is 70.9 Å². The predicted molar refractivity (Wildman–Crippen MR) is 77.6 cm³/mol. The average molecular weight is 302 g/mol. The lowest BCUT2D eigenvalue weighted by Crippen LogP contribution is -2.47. The van der Waals surface area contributed by atoms with Gasteiger partial charge in [0, 0.05) is 20.1 Å². The molecule has 114 valence electrons. The van der Waals surface area contributed by atoms with Crippen LogP contribution in [0.25, 0.3) is 0 Å². The number of amides is 2. The van der Waals surface area contributed by atoms with Gasteiger partial charge in [-0.25, -0.2) is 0 Å². The number of thioether (sulfide) groups is 1. The Kier molecular flexibility index (Phi) is 6.32. The Balaban J connectivity index is 2.53. The Hall–Kier alpha value is -1.24. The number of carbonyl (C=O) groups excluding carboxylic acids is 2. The predicted octanol–water partition coefficient (Wildman–Crippen LogP) is 0.520. The Bertz CT molecular complexity index is 389. The summed E-state index contributed by atoms with van der Waals surface area (Å²) in [6.45, 7) is 2.63. The first-order valence-corrected chi connectivity index (χ1v) is 7.94. The summed E-state index contributed by atoms with van der Waals surface area (Å²) in [5, 5.41) is 8.83. The van der Waals surface area contributed by atoms with E-state index < -0.39 is 11.9 Å². The fourth-order valence-electron chi connectivity index (χ4n) is 2.20. The van der Waals surface area contributed by atoms with Crippen LogP contribution in [0.4, 0.5) is 0 Å². The van der Waals surface area contributed by atoms with Crippen LogP contribution in [0.5, 0.6) is 0 Å². The number of aliphatic carboxylic acids is 1. The molecular weight excluding hydrogens is 280 g/mol. The molecule has 6 nitrogen and oxygen atoms in total. The van der Waals surface area contributed by atoms with Crippen LogP contribution in [0.15, 0.2) is 0 Å². The fourth-order valence-corrected chi connectivity index (χ4v) is 2.58. The van der Waals surface area contributed by atoms with Crippen LogP contribution in [0.1, 0.15) is 19.8 Å². The summed E-state index contributed by atoms with van der Waals surface area (Å²) in [6.07, 6.45) is 3.15. The monoisotopic (exact) mass is 302 g/mol. The van der Waals surface area contributed by atoms with Gasteiger partial charge in [0.1, 0.15) is 0 Å². The van der Waals surface area contributed by atoms with E-state index in [2.05, 4.69) is 0 Å². The quantitative estimate of drug-likeness (QED) is 0.801. The van der Waals surface area contributed by atoms with Gasteiger partial charge >= 0.3 is 5.97 Å². The van der Waals surface area contributed by atoms with Crippen molar-refractivity contribution in [3.05, 3.63) is 0 Å². The Morgan fingerprint density at radius 1 is 1.45 bits per heavy atom. The van der Waals surface area contributed by atoms with Crippen molar-refractivity contribution in [2.24, 2.45) is 5.92 Å². The molecule has 1 fully saturated rings. The zero-order valence-corrected chi connectivity index (χ0v) is 13.0. The van der Waals surface area contributed by atoms with Crippen molar-refractivity contribution < 1.29 is 19.5 Å². The van der Waals surface area contributed by atoms with Gasteiger partial charge in [0.05, 0.1) is 17.7 Å². The summed E-state index contributed by atoms with van der Waals surface area (Å²) in [6, 6.07) is 0. The van der Waals surface area contributed by atoms with E-state index >= 15 is 0 Å². The number of piperidine rings is 1. The molecule has 0 saturated carbocycles. The van der Waals surface area contributed by atoms with Gasteiger partial charge in [0.2, 0.25) is 11.8 Å². The lowest BCUT2D eigenvalue weighted by atomic mass is 9.98. The molecular formula is C13H22N2O4S. The van der Waals surface area contributed by atoms with Crippen LogP contribution < -0.4 is 0 Å². The SMILES string of the molecule is CSC(C)C(=O)N(C)CC(=O)N1CCCC(C(=O)O)C1. The molecule has 1 aliphatic heterocycles. The molecule has 1 aliphatic rings. The minimum absolute atomic E-state index is 0.00999. The van der Waals surface area contributed by atoms with Crippen molar-refractivity contribution in [3.63, 3.8) is 0 Å². The second kappa shape index (κ2) is 7.52. The second-order valence-corrected chi connectivity index (χ2v) is 6.27. The van der Waals surface area contributed by atoms with Crippen molar-refractivity contribution >= 4 is 29.5 Å². The minimum Gasteiger partial charge on any atom is -0.481 e. The molecule has 0 aromatic heterocycles. The summed E-state index contributed by atoms with van der Waals surface area (Å²) >= 11 is 1.43. The van der Waals surface area contributed by atoms with Gasteiger partial charge in [-0.15, -0.1) is 0 Å². The molecule has 0 aromatic rings. The first kappa shape index (κ1) is 16.8. The Morgan fingerprint density at radius 3 is 2.65 bits per heavy atom. The number of likely N-dealkylation sites (tertiary alicyclic amines) is 1. The van der Waals surface area contributed by atoms with Crippen LogP contribution in [0.3, 0.4) is 0 Å². The number of carboxylic acid groups (broad SMARTS) is 1. The highest BCUT2D eigenvalue weighted by Gasteiger charge is 2.29. The van der Waals surface area contributed by atoms with Crippen molar-refractivity contribution in [1.29, 1.82) is 0 Å². The van der Waals surface area contributed by atoms with Crippen LogP contribution in [0, 0.1) is 5.92 Å². The lowest BCUT2D eigenvalue weighted by molar-refractivity contribution is -0.147. The first-order chi connectivity index (χ1) is 9.36. The topological polar surface area (TPSA) is 77.9 Å². The van der Waals surface area contributed by atoms with E-state index in [0.29, 0.717) is 19.4 Å². The van der Waals surface area contributed by atoms with Crippen molar-refractivity contribution in [2.75, 3.05) is 32.9 Å². The van der Waals surface area contributed by atoms with E-state index in [9.17, 15) is 14.4 Å². The number of rotatable bonds is 5. The highest BCUT2D eigenvalue weighted by atomic mass is 32.2. The molecule has 1 rings (SSSR count). The molecule has 0 spiro atoms. The molecule has 0 radical (unpaired) electrons. The zero-order valence-electron chi connectivity index (χ0n) is 12.2. The Labute approximate surface area is 123 Å². The maximum atomic E-state index is 12.1. The maximum absolute atomic E-state index is 12.1. The van der Waals surface area contributed by atoms with Crippen molar-refractivity contribution in [3.8, 4) is 0 Å². The summed E-state index contributed by atoms with van der Waals surface area (Å²) in [4.78, 5) is 38.0. The van der Waals surface area contributed by atoms with Gasteiger partial charge < -0.3 is 14.9 Å². The summed E-state index contributed by atoms with van der Waals surface area (Å²) in [5.41, 5.74) is 0. The van der Waals surface area contributed by atoms with Gasteiger partial charge in [-0.3, -0.25) is 14.4 Å². The van der Waals surface area contributed by atoms with Crippen LogP contribution in [0.2, 0.25) is 0 Å². The highest BCUT2D eigenvalue weighted by molar-refractivity contribution is 7.99. The number of nitrogens with zero attached hydrogens (tertiary/aromatic N) is 2. The first-order valence-electron chi connectivity index (χ1n) is 6.65. The van der Waals surface area contributed by atoms with E-state index in [-0.39, 0.29) is 30.2 Å². The number of carboxylic acids is 1. The van der Waals surface area contributed by atoms with E-state index in [0.717, 1.165) is 0 Å². The third-order valence-electron chi connectivity index (χ3n) is 3.57. The third kappa shape index (κ3) is 4.40. The number of carbonyl (C=O) groups is 3. The zero-order chi connectivity index (χ0) is 15.3. The lowest BCUT2D eigenvalue weighted by Gasteiger charge is -2.32. The number of likely N-dealkylation sites (N-methyl/N-ethyl adjacent to an activating group) is 1. The molecule has 0 aromatic carbocycles. The van der Waals surface area contributed by atoms with Gasteiger partial charge in [0.15, 0.2) is 0 Å². The fraction of sp³-hybridized carbons (Fsp3) is 0.769. The average Bonchev–Trinajstić information content (AvgIpc) is 2.45. The van der Waals surface area contributed by atoms with E-state index in [1.54, 1.807) is 18.9 Å². The second-order valence-electron chi connectivity index (χ2n) is 5.09. The molecule has 0 bridgehead atoms.